The second kappa shape index (κ2) is 3.96. The standard InChI is InChI=1S/C10H14BrNO3/c1-5(11)4-12-8(13)6-7(9(14)15)10(6,2)3/h6-7H,1,4H2,2-3H3,(H,12,13)(H,14,15). The van der Waals surface area contributed by atoms with Crippen LogP contribution in [0.15, 0.2) is 11.1 Å². The fourth-order valence-electron chi connectivity index (χ4n) is 1.88. The molecule has 0 bridgehead atoms. The van der Waals surface area contributed by atoms with E-state index in [1.807, 2.05) is 0 Å². The summed E-state index contributed by atoms with van der Waals surface area (Å²) in [6.07, 6.45) is 0. The van der Waals surface area contributed by atoms with Gasteiger partial charge < -0.3 is 10.4 Å². The van der Waals surface area contributed by atoms with Crippen molar-refractivity contribution in [1.82, 2.24) is 5.32 Å². The van der Waals surface area contributed by atoms with Crippen LogP contribution < -0.4 is 5.32 Å². The Bertz CT molecular complexity index is 325. The summed E-state index contributed by atoms with van der Waals surface area (Å²) >= 11 is 3.12. The Hall–Kier alpha value is -0.840. The predicted octanol–water partition coefficient (Wildman–Crippen LogP) is 1.37. The lowest BCUT2D eigenvalue weighted by molar-refractivity contribution is -0.140. The Labute approximate surface area is 96.9 Å². The zero-order chi connectivity index (χ0) is 11.8. The van der Waals surface area contributed by atoms with Crippen LogP contribution >= 0.6 is 15.9 Å². The van der Waals surface area contributed by atoms with E-state index in [4.69, 9.17) is 5.11 Å². The van der Waals surface area contributed by atoms with Crippen LogP contribution in [0.25, 0.3) is 0 Å². The van der Waals surface area contributed by atoms with Gasteiger partial charge in [0.05, 0.1) is 11.8 Å². The molecule has 1 aliphatic rings. The van der Waals surface area contributed by atoms with E-state index in [9.17, 15) is 9.59 Å². The molecular formula is C10H14BrNO3. The summed E-state index contributed by atoms with van der Waals surface area (Å²) in [6.45, 7) is 7.50. The first kappa shape index (κ1) is 12.2. The van der Waals surface area contributed by atoms with Crippen molar-refractivity contribution in [2.45, 2.75) is 13.8 Å². The van der Waals surface area contributed by atoms with Gasteiger partial charge in [0, 0.05) is 11.0 Å². The third-order valence-corrected chi connectivity index (χ3v) is 3.11. The Balaban J connectivity index is 2.56. The molecule has 1 rings (SSSR count). The third kappa shape index (κ3) is 2.40. The first-order valence-electron chi connectivity index (χ1n) is 4.62. The number of halogens is 1. The van der Waals surface area contributed by atoms with E-state index in [0.717, 1.165) is 0 Å². The number of carboxylic acids is 1. The van der Waals surface area contributed by atoms with Gasteiger partial charge >= 0.3 is 5.97 Å². The number of nitrogens with one attached hydrogen (secondary N) is 1. The van der Waals surface area contributed by atoms with Crippen molar-refractivity contribution in [3.63, 3.8) is 0 Å². The van der Waals surface area contributed by atoms with Gasteiger partial charge in [-0.15, -0.1) is 0 Å². The number of carboxylic acid groups (broad SMARTS) is 1. The number of hydrogen-bond donors (Lipinski definition) is 2. The molecule has 84 valence electrons. The van der Waals surface area contributed by atoms with Crippen LogP contribution in [0.4, 0.5) is 0 Å². The molecule has 2 N–H and O–H groups in total. The summed E-state index contributed by atoms with van der Waals surface area (Å²) in [5.41, 5.74) is -0.441. The predicted molar refractivity (Wildman–Crippen MR) is 59.5 cm³/mol. The molecule has 1 aliphatic carbocycles. The topological polar surface area (TPSA) is 66.4 Å². The highest BCUT2D eigenvalue weighted by molar-refractivity contribution is 9.11. The van der Waals surface area contributed by atoms with Crippen LogP contribution in [0.1, 0.15) is 13.8 Å². The van der Waals surface area contributed by atoms with Crippen LogP contribution in [-0.4, -0.2) is 23.5 Å². The summed E-state index contributed by atoms with van der Waals surface area (Å²) in [6, 6.07) is 0. The van der Waals surface area contributed by atoms with Gasteiger partial charge in [-0.1, -0.05) is 36.4 Å². The minimum absolute atomic E-state index is 0.215. The highest BCUT2D eigenvalue weighted by Crippen LogP contribution is 2.58. The van der Waals surface area contributed by atoms with Gasteiger partial charge in [-0.3, -0.25) is 9.59 Å². The van der Waals surface area contributed by atoms with Gasteiger partial charge in [0.15, 0.2) is 0 Å². The van der Waals surface area contributed by atoms with Gasteiger partial charge in [0.2, 0.25) is 5.91 Å². The minimum Gasteiger partial charge on any atom is -0.481 e. The van der Waals surface area contributed by atoms with E-state index in [1.165, 1.54) is 0 Å². The van der Waals surface area contributed by atoms with E-state index < -0.39 is 23.2 Å². The van der Waals surface area contributed by atoms with E-state index in [2.05, 4.69) is 27.8 Å². The molecule has 5 heteroatoms. The van der Waals surface area contributed by atoms with Gasteiger partial charge in [-0.05, 0) is 5.41 Å². The van der Waals surface area contributed by atoms with Crippen LogP contribution in [0.2, 0.25) is 0 Å². The molecule has 0 aliphatic heterocycles. The first-order valence-corrected chi connectivity index (χ1v) is 5.41. The molecule has 0 aromatic carbocycles. The fraction of sp³-hybridized carbons (Fsp3) is 0.600. The lowest BCUT2D eigenvalue weighted by atomic mass is 10.1. The van der Waals surface area contributed by atoms with Gasteiger partial charge in [0.25, 0.3) is 0 Å². The Morgan fingerprint density at radius 2 is 2.00 bits per heavy atom. The number of aliphatic carboxylic acids is 1. The van der Waals surface area contributed by atoms with E-state index in [-0.39, 0.29) is 5.91 Å². The van der Waals surface area contributed by atoms with Crippen LogP contribution in [0, 0.1) is 17.3 Å². The molecule has 0 radical (unpaired) electrons. The molecule has 1 saturated carbocycles. The zero-order valence-corrected chi connectivity index (χ0v) is 10.3. The molecule has 2 atom stereocenters. The zero-order valence-electron chi connectivity index (χ0n) is 8.71. The number of amides is 1. The molecule has 4 nitrogen and oxygen atoms in total. The molecule has 0 spiro atoms. The highest BCUT2D eigenvalue weighted by Gasteiger charge is 2.65. The lowest BCUT2D eigenvalue weighted by Gasteiger charge is -2.04. The van der Waals surface area contributed by atoms with Crippen molar-refractivity contribution < 1.29 is 14.7 Å². The van der Waals surface area contributed by atoms with Crippen LogP contribution in [0.3, 0.4) is 0 Å². The largest absolute Gasteiger partial charge is 0.481 e. The average molecular weight is 276 g/mol. The van der Waals surface area contributed by atoms with Crippen molar-refractivity contribution in [2.24, 2.45) is 17.3 Å². The van der Waals surface area contributed by atoms with E-state index in [0.29, 0.717) is 11.0 Å². The summed E-state index contributed by atoms with van der Waals surface area (Å²) in [5.74, 6) is -2.12. The van der Waals surface area contributed by atoms with Crippen LogP contribution in [0.5, 0.6) is 0 Å². The molecule has 0 aromatic heterocycles. The number of rotatable bonds is 4. The van der Waals surface area contributed by atoms with E-state index >= 15 is 0 Å². The Kier molecular flexibility index (Phi) is 3.23. The molecule has 0 heterocycles. The second-order valence-corrected chi connectivity index (χ2v) is 5.47. The van der Waals surface area contributed by atoms with Crippen molar-refractivity contribution in [1.29, 1.82) is 0 Å². The number of hydrogen-bond acceptors (Lipinski definition) is 2. The maximum absolute atomic E-state index is 11.6. The maximum Gasteiger partial charge on any atom is 0.307 e. The number of carbonyl (C=O) groups is 2. The Morgan fingerprint density at radius 1 is 1.47 bits per heavy atom. The number of carbonyl (C=O) groups excluding carboxylic acids is 1. The normalized spacial score (nSPS) is 26.9. The van der Waals surface area contributed by atoms with Gasteiger partial charge in [-0.2, -0.15) is 0 Å². The summed E-state index contributed by atoms with van der Waals surface area (Å²) in [7, 11) is 0. The second-order valence-electron chi connectivity index (χ2n) is 4.35. The van der Waals surface area contributed by atoms with Crippen molar-refractivity contribution in [2.75, 3.05) is 6.54 Å². The average Bonchev–Trinajstić information content (AvgIpc) is 2.65. The molecule has 15 heavy (non-hydrogen) atoms. The van der Waals surface area contributed by atoms with Crippen molar-refractivity contribution >= 4 is 27.8 Å². The van der Waals surface area contributed by atoms with Crippen molar-refractivity contribution in [3.05, 3.63) is 11.1 Å². The maximum atomic E-state index is 11.6. The quantitative estimate of drug-likeness (QED) is 0.815. The highest BCUT2D eigenvalue weighted by atomic mass is 79.9. The fourth-order valence-corrected chi connectivity index (χ4v) is 2.02. The summed E-state index contributed by atoms with van der Waals surface area (Å²) in [4.78, 5) is 22.4. The smallest absolute Gasteiger partial charge is 0.307 e. The summed E-state index contributed by atoms with van der Waals surface area (Å²) in [5, 5.41) is 11.5. The van der Waals surface area contributed by atoms with E-state index in [1.54, 1.807) is 13.8 Å². The molecular weight excluding hydrogens is 262 g/mol. The lowest BCUT2D eigenvalue weighted by Crippen LogP contribution is -2.28. The molecule has 1 amide bonds. The monoisotopic (exact) mass is 275 g/mol. The molecule has 2 unspecified atom stereocenters. The van der Waals surface area contributed by atoms with Crippen LogP contribution in [-0.2, 0) is 9.59 Å². The Morgan fingerprint density at radius 3 is 2.33 bits per heavy atom. The SMILES string of the molecule is C=C(Br)CNC(=O)C1C(C(=O)O)C1(C)C. The van der Waals surface area contributed by atoms with Gasteiger partial charge in [-0.25, -0.2) is 0 Å². The third-order valence-electron chi connectivity index (χ3n) is 2.83. The molecule has 1 fully saturated rings. The minimum atomic E-state index is -0.905. The summed E-state index contributed by atoms with van der Waals surface area (Å²) < 4.78 is 0.668. The van der Waals surface area contributed by atoms with Gasteiger partial charge in [0.1, 0.15) is 0 Å². The van der Waals surface area contributed by atoms with Crippen molar-refractivity contribution in [3.8, 4) is 0 Å². The molecule has 0 saturated heterocycles. The molecule has 0 aromatic rings. The first-order chi connectivity index (χ1) is 6.78.